The van der Waals surface area contributed by atoms with Crippen LogP contribution in [0.15, 0.2) is 24.5 Å². The zero-order valence-electron chi connectivity index (χ0n) is 23.5. The minimum Gasteiger partial charge on any atom is -0.444 e. The summed E-state index contributed by atoms with van der Waals surface area (Å²) < 4.78 is 7.78. The summed E-state index contributed by atoms with van der Waals surface area (Å²) in [5.41, 5.74) is 1.77. The molecule has 10 heteroatoms. The van der Waals surface area contributed by atoms with E-state index >= 15 is 0 Å². The topological polar surface area (TPSA) is 101 Å². The third-order valence-electron chi connectivity index (χ3n) is 7.75. The number of piperidine rings is 2. The molecule has 38 heavy (non-hydrogen) atoms. The van der Waals surface area contributed by atoms with Crippen molar-refractivity contribution in [3.8, 4) is 0 Å². The Balaban J connectivity index is 1.21. The van der Waals surface area contributed by atoms with Gasteiger partial charge in [-0.25, -0.2) is 19.7 Å². The molecule has 0 aromatic carbocycles. The second-order valence-electron chi connectivity index (χ2n) is 12.0. The molecule has 0 unspecified atom stereocenters. The highest BCUT2D eigenvalue weighted by atomic mass is 16.6. The molecule has 1 spiro atoms. The number of aryl methyl sites for hydroxylation is 1. The van der Waals surface area contributed by atoms with Gasteiger partial charge in [0.25, 0.3) is 0 Å². The molecule has 5 heterocycles. The second kappa shape index (κ2) is 10.0. The smallest absolute Gasteiger partial charge is 0.410 e. The number of anilines is 3. The molecule has 204 valence electrons. The van der Waals surface area contributed by atoms with Crippen molar-refractivity contribution in [3.05, 3.63) is 30.4 Å². The molecule has 1 amide bonds. The number of fused-ring (bicyclic) bond motifs is 1. The van der Waals surface area contributed by atoms with Crippen LogP contribution in [-0.2, 0) is 4.74 Å². The Morgan fingerprint density at radius 3 is 2.37 bits per heavy atom. The molecule has 3 aromatic heterocycles. The Kier molecular flexibility index (Phi) is 6.92. The van der Waals surface area contributed by atoms with E-state index in [4.69, 9.17) is 9.72 Å². The van der Waals surface area contributed by atoms with Gasteiger partial charge in [0.15, 0.2) is 0 Å². The molecule has 2 aliphatic heterocycles. The number of likely N-dealkylation sites (tertiary alicyclic amines) is 1. The van der Waals surface area contributed by atoms with Gasteiger partial charge in [0.05, 0.1) is 11.7 Å². The van der Waals surface area contributed by atoms with Gasteiger partial charge in [0, 0.05) is 44.5 Å². The molecule has 0 aliphatic carbocycles. The minimum absolute atomic E-state index is 0.195. The van der Waals surface area contributed by atoms with Crippen LogP contribution in [0.4, 0.5) is 22.4 Å². The molecule has 0 bridgehead atoms. The van der Waals surface area contributed by atoms with Gasteiger partial charge in [0.2, 0.25) is 5.95 Å². The molecule has 0 saturated carbocycles. The standard InChI is InChI=1S/C28H40N8O2/c1-19(2)36-20(3)31-21-18-30-24(17-22(21)36)32-23-7-12-29-25(33-23)34-13-8-28(9-14-34)10-15-35(16-11-28)26(37)38-27(4,5)6/h7,12,17-19H,8-11,13-16H2,1-6H3,(H,29,30,32,33). The average Bonchev–Trinajstić information content (AvgIpc) is 3.19. The highest BCUT2D eigenvalue weighted by molar-refractivity contribution is 5.79. The molecule has 2 fully saturated rings. The molecule has 0 atom stereocenters. The number of pyridine rings is 1. The monoisotopic (exact) mass is 520 g/mol. The Morgan fingerprint density at radius 1 is 1.03 bits per heavy atom. The van der Waals surface area contributed by atoms with Gasteiger partial charge in [0.1, 0.15) is 28.6 Å². The van der Waals surface area contributed by atoms with Crippen LogP contribution in [0.1, 0.15) is 72.2 Å². The zero-order valence-corrected chi connectivity index (χ0v) is 23.5. The fraction of sp³-hybridized carbons (Fsp3) is 0.607. The number of imidazole rings is 1. The number of nitrogens with zero attached hydrogens (tertiary/aromatic N) is 7. The second-order valence-corrected chi connectivity index (χ2v) is 12.0. The first-order valence-electron chi connectivity index (χ1n) is 13.7. The van der Waals surface area contributed by atoms with Crippen molar-refractivity contribution in [3.63, 3.8) is 0 Å². The maximum Gasteiger partial charge on any atom is 0.410 e. The van der Waals surface area contributed by atoms with E-state index in [1.54, 1.807) is 6.20 Å². The molecule has 3 aromatic rings. The lowest BCUT2D eigenvalue weighted by molar-refractivity contribution is 0.00663. The van der Waals surface area contributed by atoms with E-state index in [1.165, 1.54) is 0 Å². The predicted octanol–water partition coefficient (Wildman–Crippen LogP) is 5.47. The lowest BCUT2D eigenvalue weighted by Gasteiger charge is -2.46. The number of hydrogen-bond donors (Lipinski definition) is 1. The fourth-order valence-electron chi connectivity index (χ4n) is 5.71. The number of carbonyl (C=O) groups excluding carboxylic acids is 1. The normalized spacial score (nSPS) is 17.9. The lowest BCUT2D eigenvalue weighted by atomic mass is 9.71. The van der Waals surface area contributed by atoms with Gasteiger partial charge in [-0.2, -0.15) is 4.98 Å². The number of aromatic nitrogens is 5. The summed E-state index contributed by atoms with van der Waals surface area (Å²) in [6, 6.07) is 4.22. The lowest BCUT2D eigenvalue weighted by Crippen LogP contribution is -2.49. The van der Waals surface area contributed by atoms with E-state index in [9.17, 15) is 4.79 Å². The van der Waals surface area contributed by atoms with Gasteiger partial charge in [-0.3, -0.25) is 0 Å². The average molecular weight is 521 g/mol. The number of rotatable bonds is 4. The summed E-state index contributed by atoms with van der Waals surface area (Å²) in [4.78, 5) is 35.2. The van der Waals surface area contributed by atoms with Crippen molar-refractivity contribution < 1.29 is 9.53 Å². The van der Waals surface area contributed by atoms with Gasteiger partial charge < -0.3 is 24.4 Å². The quantitative estimate of drug-likeness (QED) is 0.483. The molecule has 2 saturated heterocycles. The molecular weight excluding hydrogens is 480 g/mol. The van der Waals surface area contributed by atoms with Crippen LogP contribution >= 0.6 is 0 Å². The largest absolute Gasteiger partial charge is 0.444 e. The molecular formula is C28H40N8O2. The Labute approximate surface area is 224 Å². The van der Waals surface area contributed by atoms with Crippen LogP contribution in [-0.4, -0.2) is 67.3 Å². The molecule has 0 radical (unpaired) electrons. The Bertz CT molecular complexity index is 1290. The molecule has 2 aliphatic rings. The van der Waals surface area contributed by atoms with Crippen molar-refractivity contribution in [2.75, 3.05) is 36.4 Å². The minimum atomic E-state index is -0.459. The summed E-state index contributed by atoms with van der Waals surface area (Å²) in [6.45, 7) is 15.4. The van der Waals surface area contributed by atoms with E-state index in [2.05, 4.69) is 43.6 Å². The van der Waals surface area contributed by atoms with Crippen molar-refractivity contribution >= 4 is 34.7 Å². The van der Waals surface area contributed by atoms with Gasteiger partial charge in [-0.05, 0) is 78.7 Å². The predicted molar refractivity (Wildman–Crippen MR) is 149 cm³/mol. The molecule has 1 N–H and O–H groups in total. The number of ether oxygens (including phenoxy) is 1. The first kappa shape index (κ1) is 26.2. The number of nitrogens with one attached hydrogen (secondary N) is 1. The molecule has 10 nitrogen and oxygen atoms in total. The summed E-state index contributed by atoms with van der Waals surface area (Å²) in [6.07, 6.45) is 7.60. The van der Waals surface area contributed by atoms with Crippen molar-refractivity contribution in [2.24, 2.45) is 5.41 Å². The highest BCUT2D eigenvalue weighted by Crippen LogP contribution is 2.42. The third-order valence-corrected chi connectivity index (χ3v) is 7.75. The SMILES string of the molecule is Cc1nc2cnc(Nc3ccnc(N4CCC5(CCN(C(=O)OC(C)(C)C)CC5)CC4)n3)cc2n1C(C)C. The highest BCUT2D eigenvalue weighted by Gasteiger charge is 2.39. The van der Waals surface area contributed by atoms with Gasteiger partial charge in [-0.15, -0.1) is 0 Å². The number of amides is 1. The van der Waals surface area contributed by atoms with Gasteiger partial charge >= 0.3 is 6.09 Å². The first-order chi connectivity index (χ1) is 18.0. The van der Waals surface area contributed by atoms with Crippen molar-refractivity contribution in [1.29, 1.82) is 0 Å². The number of hydrogen-bond acceptors (Lipinski definition) is 8. The molecule has 5 rings (SSSR count). The van der Waals surface area contributed by atoms with Crippen LogP contribution in [0.3, 0.4) is 0 Å². The summed E-state index contributed by atoms with van der Waals surface area (Å²) in [5, 5.41) is 3.36. The van der Waals surface area contributed by atoms with Crippen LogP contribution in [0.25, 0.3) is 11.0 Å². The zero-order chi connectivity index (χ0) is 27.1. The summed E-state index contributed by atoms with van der Waals surface area (Å²) >= 11 is 0. The van der Waals surface area contributed by atoms with Gasteiger partial charge in [-0.1, -0.05) is 0 Å². The van der Waals surface area contributed by atoms with E-state index in [0.29, 0.717) is 6.04 Å². The van der Waals surface area contributed by atoms with E-state index < -0.39 is 5.60 Å². The maximum atomic E-state index is 12.5. The summed E-state index contributed by atoms with van der Waals surface area (Å²) in [7, 11) is 0. The first-order valence-corrected chi connectivity index (χ1v) is 13.7. The Morgan fingerprint density at radius 2 is 1.71 bits per heavy atom. The van der Waals surface area contributed by atoms with Crippen molar-refractivity contribution in [1.82, 2.24) is 29.4 Å². The van der Waals surface area contributed by atoms with E-state index in [1.807, 2.05) is 50.9 Å². The van der Waals surface area contributed by atoms with Crippen LogP contribution < -0.4 is 10.2 Å². The third kappa shape index (κ3) is 5.54. The summed E-state index contributed by atoms with van der Waals surface area (Å²) in [5.74, 6) is 3.18. The van der Waals surface area contributed by atoms with Crippen LogP contribution in [0.2, 0.25) is 0 Å². The van der Waals surface area contributed by atoms with E-state index in [-0.39, 0.29) is 11.5 Å². The number of carbonyl (C=O) groups is 1. The van der Waals surface area contributed by atoms with Crippen molar-refractivity contribution in [2.45, 2.75) is 78.9 Å². The van der Waals surface area contributed by atoms with Crippen LogP contribution in [0, 0.1) is 12.3 Å². The van der Waals surface area contributed by atoms with E-state index in [0.717, 1.165) is 86.3 Å². The maximum absolute atomic E-state index is 12.5. The van der Waals surface area contributed by atoms with Crippen LogP contribution in [0.5, 0.6) is 0 Å². The fourth-order valence-corrected chi connectivity index (χ4v) is 5.71. The Hall–Kier alpha value is -3.43.